The van der Waals surface area contributed by atoms with Crippen LogP contribution < -0.4 is 0 Å². The summed E-state index contributed by atoms with van der Waals surface area (Å²) in [5.41, 5.74) is 0.672. The van der Waals surface area contributed by atoms with Gasteiger partial charge in [-0.05, 0) is 42.8 Å². The number of hydrogen-bond acceptors (Lipinski definition) is 12. The van der Waals surface area contributed by atoms with Crippen LogP contribution in [0, 0.1) is 27.2 Å². The van der Waals surface area contributed by atoms with Gasteiger partial charge in [0.2, 0.25) is 0 Å². The number of alkyl halides is 3. The maximum atomic E-state index is 12.8. The van der Waals surface area contributed by atoms with Crippen molar-refractivity contribution in [3.05, 3.63) is 122 Å². The van der Waals surface area contributed by atoms with Gasteiger partial charge >= 0.3 is 6.18 Å². The number of aromatic nitrogens is 4. The van der Waals surface area contributed by atoms with E-state index in [4.69, 9.17) is 10.7 Å². The second-order valence-corrected chi connectivity index (χ2v) is 13.9. The largest absolute Gasteiger partial charge is 0.416 e. The molecular weight excluding hydrogens is 707 g/mol. The van der Waals surface area contributed by atoms with E-state index < -0.39 is 51.2 Å². The molecule has 0 aliphatic carbocycles. The predicted molar refractivity (Wildman–Crippen MR) is 165 cm³/mol. The Morgan fingerprint density at radius 2 is 1.48 bits per heavy atom. The van der Waals surface area contributed by atoms with E-state index in [1.165, 1.54) is 24.4 Å². The van der Waals surface area contributed by atoms with Crippen molar-refractivity contribution >= 4 is 58.4 Å². The van der Waals surface area contributed by atoms with Crippen LogP contribution in [-0.4, -0.2) is 52.1 Å². The van der Waals surface area contributed by atoms with Crippen molar-refractivity contribution in [2.24, 2.45) is 4.99 Å². The number of pyridine rings is 2. The highest BCUT2D eigenvalue weighted by Crippen LogP contribution is 2.31. The summed E-state index contributed by atoms with van der Waals surface area (Å²) >= 11 is 0. The molecular formula is C27H19ClF3N7O8S2. The van der Waals surface area contributed by atoms with E-state index in [9.17, 15) is 50.2 Å². The molecule has 15 nitrogen and oxygen atoms in total. The van der Waals surface area contributed by atoms with Crippen LogP contribution in [-0.2, 0) is 31.8 Å². The molecule has 0 unspecified atom stereocenters. The Balaban J connectivity index is 0.000000187. The van der Waals surface area contributed by atoms with Crippen molar-refractivity contribution in [1.29, 1.82) is 0 Å². The summed E-state index contributed by atoms with van der Waals surface area (Å²) in [7, 11) is -2.95. The standard InChI is InChI=1S/C13H7F3N4O4S.C7H7ClO2S.C7H5N3O2/c14-13(15,16)8-2-1-3-10(4-8)25(23,24)19-12-5-9(20(21)22)6-17-11(12)7-18-19;1-6-3-2-4-7(5-6)11(8,9)10;11-10(12)6-1-5-2-8-4-7(5)9-3-6/h1-7H;2-5H,1H3;1,3-4H,2H2. The number of rotatable bonds is 5. The number of fused-ring (bicyclic) bond motifs is 2. The van der Waals surface area contributed by atoms with Crippen molar-refractivity contribution in [3.8, 4) is 0 Å². The first-order chi connectivity index (χ1) is 22.4. The van der Waals surface area contributed by atoms with Gasteiger partial charge in [-0.25, -0.2) is 18.4 Å². The third-order valence-electron chi connectivity index (χ3n) is 6.22. The minimum Gasteiger partial charge on any atom is -0.286 e. The molecule has 48 heavy (non-hydrogen) atoms. The van der Waals surface area contributed by atoms with Crippen molar-refractivity contribution in [2.45, 2.75) is 29.4 Å². The summed E-state index contributed by atoms with van der Waals surface area (Å²) in [6.45, 7) is 2.32. The van der Waals surface area contributed by atoms with Crippen molar-refractivity contribution in [1.82, 2.24) is 19.2 Å². The maximum Gasteiger partial charge on any atom is 0.416 e. The molecule has 0 saturated carbocycles. The summed E-state index contributed by atoms with van der Waals surface area (Å²) in [5.74, 6) is 0. The Morgan fingerprint density at radius 3 is 2.08 bits per heavy atom. The topological polar surface area (TPSA) is 211 Å². The molecule has 0 amide bonds. The van der Waals surface area contributed by atoms with Gasteiger partial charge in [0.15, 0.2) is 0 Å². The highest BCUT2D eigenvalue weighted by molar-refractivity contribution is 8.13. The van der Waals surface area contributed by atoms with E-state index in [0.29, 0.717) is 16.7 Å². The number of aliphatic imine (C=N–C) groups is 1. The van der Waals surface area contributed by atoms with Crippen LogP contribution in [0.4, 0.5) is 24.5 Å². The lowest BCUT2D eigenvalue weighted by Gasteiger charge is -2.10. The fourth-order valence-electron chi connectivity index (χ4n) is 3.95. The fourth-order valence-corrected chi connectivity index (χ4v) is 6.11. The van der Waals surface area contributed by atoms with Crippen molar-refractivity contribution < 1.29 is 39.9 Å². The molecule has 6 rings (SSSR count). The minimum atomic E-state index is -4.72. The Labute approximate surface area is 273 Å². The number of nitrogens with zero attached hydrogens (tertiary/aromatic N) is 7. The van der Waals surface area contributed by atoms with Crippen molar-refractivity contribution in [2.75, 3.05) is 0 Å². The average molecular weight is 726 g/mol. The van der Waals surface area contributed by atoms with E-state index in [1.807, 2.05) is 13.0 Å². The molecule has 2 aromatic carbocycles. The molecule has 0 N–H and O–H groups in total. The second kappa shape index (κ2) is 13.8. The van der Waals surface area contributed by atoms with Gasteiger partial charge in [-0.15, -0.1) is 0 Å². The van der Waals surface area contributed by atoms with Gasteiger partial charge in [-0.3, -0.25) is 25.2 Å². The molecule has 0 bridgehead atoms. The molecule has 0 fully saturated rings. The zero-order valence-electron chi connectivity index (χ0n) is 24.0. The Morgan fingerprint density at radius 1 is 0.854 bits per heavy atom. The van der Waals surface area contributed by atoms with Crippen LogP contribution in [0.1, 0.15) is 22.4 Å². The number of benzene rings is 2. The van der Waals surface area contributed by atoms with Gasteiger partial charge in [-0.2, -0.15) is 30.8 Å². The number of aryl methyl sites for hydroxylation is 1. The maximum absolute atomic E-state index is 12.8. The highest BCUT2D eigenvalue weighted by Gasteiger charge is 2.32. The van der Waals surface area contributed by atoms with Gasteiger partial charge in [-0.1, -0.05) is 18.2 Å². The Kier molecular flexibility index (Phi) is 10.2. The number of halogens is 4. The molecule has 1 aliphatic rings. The molecule has 250 valence electrons. The molecule has 0 saturated heterocycles. The quantitative estimate of drug-likeness (QED) is 0.126. The van der Waals surface area contributed by atoms with Crippen LogP contribution in [0.3, 0.4) is 0 Å². The van der Waals surface area contributed by atoms with Gasteiger partial charge in [0, 0.05) is 34.6 Å². The van der Waals surface area contributed by atoms with Gasteiger partial charge in [0.25, 0.3) is 30.4 Å². The molecule has 3 aromatic heterocycles. The van der Waals surface area contributed by atoms with E-state index in [-0.39, 0.29) is 21.6 Å². The monoisotopic (exact) mass is 725 g/mol. The molecule has 0 radical (unpaired) electrons. The van der Waals surface area contributed by atoms with E-state index in [2.05, 4.69) is 20.1 Å². The third kappa shape index (κ3) is 8.32. The Hall–Kier alpha value is -5.34. The molecule has 1 aliphatic heterocycles. The summed E-state index contributed by atoms with van der Waals surface area (Å²) in [6, 6.07) is 12.0. The normalized spacial score (nSPS) is 12.4. The SMILES string of the molecule is Cc1cccc(S(=O)(=O)Cl)c1.O=[N+]([O-])c1cnc2c(c1)CN=C2.O=[N+]([O-])c1cnc2cnn(S(=O)(=O)c3cccc(C(F)(F)F)c3)c2c1. The van der Waals surface area contributed by atoms with Crippen LogP contribution in [0.5, 0.6) is 0 Å². The number of nitro groups is 2. The molecule has 4 heterocycles. The van der Waals surface area contributed by atoms with Gasteiger partial charge in [0.1, 0.15) is 23.4 Å². The lowest BCUT2D eigenvalue weighted by atomic mass is 10.2. The molecule has 21 heteroatoms. The van der Waals surface area contributed by atoms with E-state index in [0.717, 1.165) is 53.5 Å². The van der Waals surface area contributed by atoms with Crippen LogP contribution in [0.25, 0.3) is 11.0 Å². The van der Waals surface area contributed by atoms with Gasteiger partial charge < -0.3 is 0 Å². The fraction of sp³-hybridized carbons (Fsp3) is 0.111. The third-order valence-corrected chi connectivity index (χ3v) is 9.16. The van der Waals surface area contributed by atoms with Crippen LogP contribution in [0.15, 0.2) is 94.0 Å². The summed E-state index contributed by atoms with van der Waals surface area (Å²) in [6.07, 6.45) is 0.114. The lowest BCUT2D eigenvalue weighted by molar-refractivity contribution is -0.385. The molecule has 0 spiro atoms. The smallest absolute Gasteiger partial charge is 0.286 e. The summed E-state index contributed by atoms with van der Waals surface area (Å²) in [4.78, 5) is 31.0. The first-order valence-corrected chi connectivity index (χ1v) is 16.7. The van der Waals surface area contributed by atoms with Crippen LogP contribution in [0.2, 0.25) is 0 Å². The number of hydrogen-bond donors (Lipinski definition) is 0. The van der Waals surface area contributed by atoms with Gasteiger partial charge in [0.05, 0.1) is 43.6 Å². The van der Waals surface area contributed by atoms with Crippen LogP contribution >= 0.6 is 10.7 Å². The zero-order valence-corrected chi connectivity index (χ0v) is 26.4. The first kappa shape index (κ1) is 35.5. The summed E-state index contributed by atoms with van der Waals surface area (Å²) < 4.78 is 85.5. The summed E-state index contributed by atoms with van der Waals surface area (Å²) in [5, 5.41) is 24.7. The minimum absolute atomic E-state index is 0.0271. The lowest BCUT2D eigenvalue weighted by Crippen LogP contribution is -2.16. The Bertz CT molecular complexity index is 2300. The van der Waals surface area contributed by atoms with Crippen molar-refractivity contribution in [3.63, 3.8) is 0 Å². The second-order valence-electron chi connectivity index (χ2n) is 9.59. The molecule has 5 aromatic rings. The average Bonchev–Trinajstić information content (AvgIpc) is 3.68. The first-order valence-electron chi connectivity index (χ1n) is 12.9. The molecule has 0 atom stereocenters. The predicted octanol–water partition coefficient (Wildman–Crippen LogP) is 5.44. The zero-order chi connectivity index (χ0) is 35.4. The van der Waals surface area contributed by atoms with E-state index >= 15 is 0 Å². The van der Waals surface area contributed by atoms with E-state index in [1.54, 1.807) is 12.3 Å². The highest BCUT2D eigenvalue weighted by atomic mass is 35.7.